The van der Waals surface area contributed by atoms with Gasteiger partial charge in [0.05, 0.1) is 112 Å². The predicted octanol–water partition coefficient (Wildman–Crippen LogP) is 5.19. The van der Waals surface area contributed by atoms with Crippen molar-refractivity contribution < 1.29 is 42.6 Å². The summed E-state index contributed by atoms with van der Waals surface area (Å²) < 4.78 is 49.2. The Morgan fingerprint density at radius 3 is 0.721 bits per heavy atom. The third-order valence-corrected chi connectivity index (χ3v) is 6.63. The maximum atomic E-state index is 5.66. The highest BCUT2D eigenvalue weighted by Crippen LogP contribution is 2.12. The quantitative estimate of drug-likeness (QED) is 0.0917. The summed E-state index contributed by atoms with van der Waals surface area (Å²) in [6.07, 6.45) is 17.8. The van der Waals surface area contributed by atoms with Crippen molar-refractivity contribution in [3.05, 3.63) is 0 Å². The van der Waals surface area contributed by atoms with Gasteiger partial charge in [-0.1, -0.05) is 84.0 Å². The molecule has 0 saturated carbocycles. The Morgan fingerprint density at radius 1 is 0.256 bits per heavy atom. The Labute approximate surface area is 264 Å². The molecule has 0 aliphatic heterocycles. The van der Waals surface area contributed by atoms with E-state index in [9.17, 15) is 0 Å². The minimum absolute atomic E-state index is 0.533. The van der Waals surface area contributed by atoms with Crippen LogP contribution in [0.1, 0.15) is 90.4 Å². The minimum atomic E-state index is 0.533. The molecular weight excluding hydrogens is 554 g/mol. The van der Waals surface area contributed by atoms with Crippen molar-refractivity contribution in [1.29, 1.82) is 0 Å². The lowest BCUT2D eigenvalue weighted by molar-refractivity contribution is -0.0249. The van der Waals surface area contributed by atoms with E-state index >= 15 is 0 Å². The van der Waals surface area contributed by atoms with E-state index in [1.54, 1.807) is 0 Å². The fourth-order valence-electron chi connectivity index (χ4n) is 4.17. The molecule has 0 saturated heterocycles. The molecule has 2 N–H and O–H groups in total. The molecule has 0 aromatic heterocycles. The second-order valence-corrected chi connectivity index (χ2v) is 10.5. The monoisotopic (exact) mass is 623 g/mol. The summed E-state index contributed by atoms with van der Waals surface area (Å²) in [5, 5.41) is 0. The molecule has 0 aromatic carbocycles. The molecule has 260 valence electrons. The van der Waals surface area contributed by atoms with Crippen LogP contribution in [0.25, 0.3) is 0 Å². The van der Waals surface area contributed by atoms with E-state index in [-0.39, 0.29) is 0 Å². The molecule has 0 atom stereocenters. The van der Waals surface area contributed by atoms with Gasteiger partial charge in [-0.3, -0.25) is 0 Å². The Bertz CT molecular complexity index is 438. The largest absolute Gasteiger partial charge is 0.379 e. The van der Waals surface area contributed by atoms with Gasteiger partial charge in [0.15, 0.2) is 0 Å². The molecule has 43 heavy (non-hydrogen) atoms. The zero-order chi connectivity index (χ0) is 31.0. The van der Waals surface area contributed by atoms with Crippen molar-refractivity contribution in [2.24, 2.45) is 5.73 Å². The van der Waals surface area contributed by atoms with Crippen molar-refractivity contribution in [1.82, 2.24) is 0 Å². The summed E-state index contributed by atoms with van der Waals surface area (Å²) in [5.41, 5.74) is 5.33. The lowest BCUT2D eigenvalue weighted by atomic mass is 10.0. The van der Waals surface area contributed by atoms with Crippen molar-refractivity contribution >= 4 is 0 Å². The molecule has 0 unspecified atom stereocenters. The zero-order valence-electron chi connectivity index (χ0n) is 27.9. The Hall–Kier alpha value is -0.400. The molecule has 0 amide bonds. The molecule has 0 aliphatic carbocycles. The van der Waals surface area contributed by atoms with Crippen LogP contribution in [0.4, 0.5) is 0 Å². The van der Waals surface area contributed by atoms with Crippen LogP contribution in [0.5, 0.6) is 0 Å². The molecule has 0 spiro atoms. The zero-order valence-corrected chi connectivity index (χ0v) is 27.9. The molecule has 0 aliphatic rings. The lowest BCUT2D eigenvalue weighted by Gasteiger charge is -2.09. The van der Waals surface area contributed by atoms with Crippen LogP contribution in [-0.4, -0.2) is 125 Å². The van der Waals surface area contributed by atoms with Crippen LogP contribution in [0, 0.1) is 0 Å². The first-order chi connectivity index (χ1) is 21.4. The maximum Gasteiger partial charge on any atom is 0.0701 e. The van der Waals surface area contributed by atoms with E-state index in [0.717, 1.165) is 13.0 Å². The first-order valence-electron chi connectivity index (χ1n) is 17.3. The van der Waals surface area contributed by atoms with E-state index in [0.29, 0.717) is 119 Å². The molecular formula is C33H69NO9. The minimum Gasteiger partial charge on any atom is -0.379 e. The van der Waals surface area contributed by atoms with Crippen molar-refractivity contribution in [3.63, 3.8) is 0 Å². The third-order valence-electron chi connectivity index (χ3n) is 6.63. The standard InChI is InChI=1S/C33H69NO9/c1-2-3-4-5-6-7-8-9-10-11-12-13-14-16-35-18-20-37-22-24-39-26-28-41-30-32-43-33-31-42-29-27-40-25-23-38-21-19-36-17-15-34/h2-34H2,1H3. The average Bonchev–Trinajstić information content (AvgIpc) is 3.02. The molecule has 0 heterocycles. The van der Waals surface area contributed by atoms with E-state index in [1.807, 2.05) is 0 Å². The highest BCUT2D eigenvalue weighted by molar-refractivity contribution is 4.49. The molecule has 0 fully saturated rings. The average molecular weight is 624 g/mol. The lowest BCUT2D eigenvalue weighted by Crippen LogP contribution is -2.15. The number of hydrogen-bond acceptors (Lipinski definition) is 10. The number of unbranched alkanes of at least 4 members (excludes halogenated alkanes) is 12. The van der Waals surface area contributed by atoms with Gasteiger partial charge in [-0.15, -0.1) is 0 Å². The van der Waals surface area contributed by atoms with Gasteiger partial charge in [0.2, 0.25) is 0 Å². The molecule has 0 rings (SSSR count). The Balaban J connectivity index is 3.02. The van der Waals surface area contributed by atoms with Gasteiger partial charge in [0, 0.05) is 13.2 Å². The fourth-order valence-corrected chi connectivity index (χ4v) is 4.17. The molecule has 0 aromatic rings. The summed E-state index contributed by atoms with van der Waals surface area (Å²) in [4.78, 5) is 0. The van der Waals surface area contributed by atoms with Gasteiger partial charge in [0.25, 0.3) is 0 Å². The molecule has 10 nitrogen and oxygen atoms in total. The third kappa shape index (κ3) is 41.6. The van der Waals surface area contributed by atoms with E-state index in [4.69, 9.17) is 48.4 Å². The van der Waals surface area contributed by atoms with Gasteiger partial charge < -0.3 is 48.4 Å². The Kier molecular flexibility index (Phi) is 41.2. The van der Waals surface area contributed by atoms with Gasteiger partial charge in [-0.05, 0) is 6.42 Å². The summed E-state index contributed by atoms with van der Waals surface area (Å²) in [6.45, 7) is 13.1. The molecule has 0 radical (unpaired) electrons. The predicted molar refractivity (Wildman–Crippen MR) is 172 cm³/mol. The number of rotatable bonds is 40. The summed E-state index contributed by atoms with van der Waals surface area (Å²) in [7, 11) is 0. The number of ether oxygens (including phenoxy) is 9. The van der Waals surface area contributed by atoms with Crippen LogP contribution in [0.15, 0.2) is 0 Å². The molecule has 0 bridgehead atoms. The van der Waals surface area contributed by atoms with Gasteiger partial charge >= 0.3 is 0 Å². The van der Waals surface area contributed by atoms with Crippen LogP contribution < -0.4 is 5.73 Å². The Morgan fingerprint density at radius 2 is 0.465 bits per heavy atom. The summed E-state index contributed by atoms with van der Waals surface area (Å²) in [6, 6.07) is 0. The van der Waals surface area contributed by atoms with Crippen LogP contribution in [0.2, 0.25) is 0 Å². The highest BCUT2D eigenvalue weighted by Gasteiger charge is 1.97. The second kappa shape index (κ2) is 41.6. The maximum absolute atomic E-state index is 5.66. The normalized spacial score (nSPS) is 11.6. The van der Waals surface area contributed by atoms with Gasteiger partial charge in [-0.25, -0.2) is 0 Å². The van der Waals surface area contributed by atoms with E-state index < -0.39 is 0 Å². The van der Waals surface area contributed by atoms with E-state index in [2.05, 4.69) is 6.92 Å². The van der Waals surface area contributed by atoms with E-state index in [1.165, 1.54) is 77.0 Å². The van der Waals surface area contributed by atoms with Crippen LogP contribution >= 0.6 is 0 Å². The number of hydrogen-bond donors (Lipinski definition) is 1. The number of nitrogens with two attached hydrogens (primary N) is 1. The summed E-state index contributed by atoms with van der Waals surface area (Å²) in [5.74, 6) is 0. The van der Waals surface area contributed by atoms with Gasteiger partial charge in [-0.2, -0.15) is 0 Å². The van der Waals surface area contributed by atoms with Crippen molar-refractivity contribution in [2.45, 2.75) is 90.4 Å². The van der Waals surface area contributed by atoms with Crippen LogP contribution in [0.3, 0.4) is 0 Å². The fraction of sp³-hybridized carbons (Fsp3) is 1.00. The molecule has 10 heteroatoms. The SMILES string of the molecule is CCCCCCCCCCCCCCCOCCOCCOCCOCCOCCOCCOCCOCCOCCN. The topological polar surface area (TPSA) is 109 Å². The van der Waals surface area contributed by atoms with Crippen molar-refractivity contribution in [2.75, 3.05) is 125 Å². The first-order valence-corrected chi connectivity index (χ1v) is 17.3. The smallest absolute Gasteiger partial charge is 0.0701 e. The second-order valence-electron chi connectivity index (χ2n) is 10.5. The summed E-state index contributed by atoms with van der Waals surface area (Å²) >= 11 is 0. The van der Waals surface area contributed by atoms with Crippen LogP contribution in [-0.2, 0) is 42.6 Å². The first kappa shape index (κ1) is 42.6. The van der Waals surface area contributed by atoms with Crippen molar-refractivity contribution in [3.8, 4) is 0 Å². The highest BCUT2D eigenvalue weighted by atomic mass is 16.6. The van der Waals surface area contributed by atoms with Gasteiger partial charge in [0.1, 0.15) is 0 Å².